The summed E-state index contributed by atoms with van der Waals surface area (Å²) in [5, 5.41) is 2.03. The van der Waals surface area contributed by atoms with Crippen molar-refractivity contribution < 1.29 is 14.0 Å². The first-order valence-electron chi connectivity index (χ1n) is 12.2. The molecule has 0 radical (unpaired) electrons. The molecule has 0 N–H and O–H groups in total. The maximum Gasteiger partial charge on any atom is 0.242 e. The van der Waals surface area contributed by atoms with Crippen LogP contribution in [0.4, 0.5) is 4.39 Å². The predicted octanol–water partition coefficient (Wildman–Crippen LogP) is 6.71. The van der Waals surface area contributed by atoms with Crippen LogP contribution in [-0.4, -0.2) is 34.2 Å². The molecular formula is C27H39FN2O2S. The van der Waals surface area contributed by atoms with Crippen molar-refractivity contribution >= 4 is 23.2 Å². The summed E-state index contributed by atoms with van der Waals surface area (Å²) in [7, 11) is 0. The van der Waals surface area contributed by atoms with Crippen LogP contribution < -0.4 is 0 Å². The molecule has 0 spiro atoms. The molecule has 2 amide bonds. The molecule has 2 aromatic rings. The van der Waals surface area contributed by atoms with Crippen LogP contribution in [0.25, 0.3) is 0 Å². The van der Waals surface area contributed by atoms with Gasteiger partial charge in [0.05, 0.1) is 6.54 Å². The second kappa shape index (κ2) is 14.1. The number of carbonyl (C=O) groups excluding carboxylic acids is 2. The summed E-state index contributed by atoms with van der Waals surface area (Å²) in [6, 6.07) is 8.32. The number of hydrogen-bond donors (Lipinski definition) is 0. The largest absolute Gasteiger partial charge is 0.332 e. The second-order valence-corrected chi connectivity index (χ2v) is 9.85. The Morgan fingerprint density at radius 1 is 0.970 bits per heavy atom. The van der Waals surface area contributed by atoms with Crippen LogP contribution in [0.5, 0.6) is 0 Å². The molecule has 0 saturated carbocycles. The van der Waals surface area contributed by atoms with E-state index in [9.17, 15) is 14.0 Å². The number of rotatable bonds is 14. The van der Waals surface area contributed by atoms with Crippen molar-refractivity contribution in [2.75, 3.05) is 6.54 Å². The molecule has 0 bridgehead atoms. The summed E-state index contributed by atoms with van der Waals surface area (Å²) in [6.07, 6.45) is 6.74. The standard InChI is InChI=1S/C27H39FN2O2S/c1-5-7-8-9-10-11-26(31)30(22(4)6-2)20-27(32)29(19-25-21(3)16-17-33-25)18-23-12-14-24(28)15-13-23/h12-17,22H,5-11,18-20H2,1-4H3. The molecule has 6 heteroatoms. The first-order chi connectivity index (χ1) is 15.8. The highest BCUT2D eigenvalue weighted by molar-refractivity contribution is 7.10. The third-order valence-electron chi connectivity index (χ3n) is 6.19. The van der Waals surface area contributed by atoms with Crippen LogP contribution in [0, 0.1) is 12.7 Å². The van der Waals surface area contributed by atoms with Gasteiger partial charge in [0.25, 0.3) is 0 Å². The monoisotopic (exact) mass is 474 g/mol. The number of nitrogens with zero attached hydrogens (tertiary/aromatic N) is 2. The first-order valence-corrected chi connectivity index (χ1v) is 13.1. The van der Waals surface area contributed by atoms with E-state index in [0.29, 0.717) is 19.5 Å². The van der Waals surface area contributed by atoms with Gasteiger partial charge >= 0.3 is 0 Å². The van der Waals surface area contributed by atoms with Crippen LogP contribution in [-0.2, 0) is 22.7 Å². The number of hydrogen-bond acceptors (Lipinski definition) is 3. The van der Waals surface area contributed by atoms with Crippen LogP contribution in [0.3, 0.4) is 0 Å². The van der Waals surface area contributed by atoms with Crippen molar-refractivity contribution in [2.45, 2.75) is 91.8 Å². The Morgan fingerprint density at radius 2 is 1.67 bits per heavy atom. The second-order valence-electron chi connectivity index (χ2n) is 8.85. The maximum absolute atomic E-state index is 13.5. The number of unbranched alkanes of at least 4 members (excludes halogenated alkanes) is 4. The molecule has 1 aromatic heterocycles. The smallest absolute Gasteiger partial charge is 0.242 e. The van der Waals surface area contributed by atoms with Gasteiger partial charge < -0.3 is 9.80 Å². The van der Waals surface area contributed by atoms with Gasteiger partial charge in [-0.3, -0.25) is 9.59 Å². The summed E-state index contributed by atoms with van der Waals surface area (Å²) >= 11 is 1.63. The highest BCUT2D eigenvalue weighted by Gasteiger charge is 2.25. The van der Waals surface area contributed by atoms with E-state index in [-0.39, 0.29) is 30.2 Å². The molecular weight excluding hydrogens is 435 g/mol. The molecule has 1 unspecified atom stereocenters. The van der Waals surface area contributed by atoms with E-state index < -0.39 is 0 Å². The lowest BCUT2D eigenvalue weighted by Gasteiger charge is -2.31. The molecule has 0 saturated heterocycles. The van der Waals surface area contributed by atoms with Gasteiger partial charge in [-0.2, -0.15) is 0 Å². The zero-order chi connectivity index (χ0) is 24.2. The van der Waals surface area contributed by atoms with Crippen molar-refractivity contribution in [1.82, 2.24) is 9.80 Å². The highest BCUT2D eigenvalue weighted by Crippen LogP contribution is 2.20. The molecule has 0 fully saturated rings. The molecule has 1 heterocycles. The molecule has 0 aliphatic heterocycles. The Balaban J connectivity index is 2.12. The van der Waals surface area contributed by atoms with Crippen molar-refractivity contribution in [2.24, 2.45) is 0 Å². The van der Waals surface area contributed by atoms with Gasteiger partial charge in [0.2, 0.25) is 11.8 Å². The zero-order valence-corrected chi connectivity index (χ0v) is 21.4. The van der Waals surface area contributed by atoms with Gasteiger partial charge in [0.15, 0.2) is 0 Å². The minimum absolute atomic E-state index is 0.00763. The Morgan fingerprint density at radius 3 is 2.27 bits per heavy atom. The summed E-state index contributed by atoms with van der Waals surface area (Å²) in [5.41, 5.74) is 2.02. The minimum atomic E-state index is -0.293. The fraction of sp³-hybridized carbons (Fsp3) is 0.556. The number of aryl methyl sites for hydroxylation is 1. The van der Waals surface area contributed by atoms with Gasteiger partial charge in [-0.05, 0) is 61.4 Å². The number of benzene rings is 1. The number of amides is 2. The van der Waals surface area contributed by atoms with Crippen molar-refractivity contribution in [3.63, 3.8) is 0 Å². The lowest BCUT2D eigenvalue weighted by Crippen LogP contribution is -2.46. The Kier molecular flexibility index (Phi) is 11.6. The third-order valence-corrected chi connectivity index (χ3v) is 7.19. The van der Waals surface area contributed by atoms with Crippen LogP contribution >= 0.6 is 11.3 Å². The van der Waals surface area contributed by atoms with Gasteiger partial charge in [0.1, 0.15) is 12.4 Å². The first kappa shape index (κ1) is 27.0. The third kappa shape index (κ3) is 8.92. The molecule has 1 atom stereocenters. The fourth-order valence-corrected chi connectivity index (χ4v) is 4.68. The quantitative estimate of drug-likeness (QED) is 0.285. The van der Waals surface area contributed by atoms with Gasteiger partial charge in [-0.1, -0.05) is 51.7 Å². The summed E-state index contributed by atoms with van der Waals surface area (Å²) in [5.74, 6) is -0.312. The van der Waals surface area contributed by atoms with E-state index in [1.54, 1.807) is 33.3 Å². The SMILES string of the molecule is CCCCCCCC(=O)N(CC(=O)N(Cc1ccc(F)cc1)Cc1sccc1C)C(C)CC. The van der Waals surface area contributed by atoms with E-state index in [1.807, 2.05) is 32.2 Å². The molecule has 0 aliphatic rings. The summed E-state index contributed by atoms with van der Waals surface area (Å²) < 4.78 is 13.4. The van der Waals surface area contributed by atoms with Crippen LogP contribution in [0.2, 0.25) is 0 Å². The Bertz CT molecular complexity index is 865. The Labute approximate surface area is 202 Å². The van der Waals surface area contributed by atoms with Gasteiger partial charge in [0, 0.05) is 23.9 Å². The summed E-state index contributed by atoms with van der Waals surface area (Å²) in [6.45, 7) is 9.22. The predicted molar refractivity (Wildman–Crippen MR) is 135 cm³/mol. The van der Waals surface area contributed by atoms with Crippen LogP contribution in [0.1, 0.15) is 81.7 Å². The average molecular weight is 475 g/mol. The fourth-order valence-electron chi connectivity index (χ4n) is 3.76. The van der Waals surface area contributed by atoms with E-state index in [4.69, 9.17) is 0 Å². The van der Waals surface area contributed by atoms with Crippen molar-refractivity contribution in [3.8, 4) is 0 Å². The molecule has 33 heavy (non-hydrogen) atoms. The van der Waals surface area contributed by atoms with Gasteiger partial charge in [-0.25, -0.2) is 4.39 Å². The number of thiophene rings is 1. The molecule has 1 aromatic carbocycles. The average Bonchev–Trinajstić information content (AvgIpc) is 3.21. The van der Waals surface area contributed by atoms with E-state index in [1.165, 1.54) is 25.0 Å². The minimum Gasteiger partial charge on any atom is -0.332 e. The zero-order valence-electron chi connectivity index (χ0n) is 20.6. The normalized spacial score (nSPS) is 11.9. The Hall–Kier alpha value is -2.21. The van der Waals surface area contributed by atoms with E-state index in [2.05, 4.69) is 6.92 Å². The lowest BCUT2D eigenvalue weighted by atomic mass is 10.1. The van der Waals surface area contributed by atoms with E-state index in [0.717, 1.165) is 41.7 Å². The van der Waals surface area contributed by atoms with E-state index >= 15 is 0 Å². The molecule has 182 valence electrons. The van der Waals surface area contributed by atoms with Gasteiger partial charge in [-0.15, -0.1) is 11.3 Å². The van der Waals surface area contributed by atoms with Crippen molar-refractivity contribution in [3.05, 3.63) is 57.5 Å². The van der Waals surface area contributed by atoms with Crippen molar-refractivity contribution in [1.29, 1.82) is 0 Å². The van der Waals surface area contributed by atoms with Crippen LogP contribution in [0.15, 0.2) is 35.7 Å². The molecule has 4 nitrogen and oxygen atoms in total. The summed E-state index contributed by atoms with van der Waals surface area (Å²) in [4.78, 5) is 31.1. The number of halogens is 1. The topological polar surface area (TPSA) is 40.6 Å². The maximum atomic E-state index is 13.5. The highest BCUT2D eigenvalue weighted by atomic mass is 32.1. The molecule has 0 aliphatic carbocycles. The lowest BCUT2D eigenvalue weighted by molar-refractivity contribution is -0.143. The number of carbonyl (C=O) groups is 2. The molecule has 2 rings (SSSR count).